The van der Waals surface area contributed by atoms with Crippen molar-refractivity contribution in [3.05, 3.63) is 72.4 Å². The number of aliphatic carboxylic acids is 1. The van der Waals surface area contributed by atoms with E-state index in [1.54, 1.807) is 36.4 Å². The Morgan fingerprint density at radius 1 is 1.11 bits per heavy atom. The van der Waals surface area contributed by atoms with E-state index >= 15 is 0 Å². The van der Waals surface area contributed by atoms with Gasteiger partial charge in [-0.2, -0.15) is 5.10 Å². The first-order chi connectivity index (χ1) is 16.9. The fourth-order valence-electron chi connectivity index (χ4n) is 4.11. The summed E-state index contributed by atoms with van der Waals surface area (Å²) in [7, 11) is 1.81. The van der Waals surface area contributed by atoms with Crippen molar-refractivity contribution >= 4 is 17.6 Å². The number of aromatic nitrogens is 5. The topological polar surface area (TPSA) is 106 Å². The molecule has 3 aromatic heterocycles. The third-order valence-electron chi connectivity index (χ3n) is 6.54. The van der Waals surface area contributed by atoms with E-state index in [2.05, 4.69) is 25.4 Å². The van der Waals surface area contributed by atoms with Gasteiger partial charge in [0.05, 0.1) is 41.4 Å². The Hall–Kier alpha value is -4.14. The Balaban J connectivity index is 1.37. The van der Waals surface area contributed by atoms with Gasteiger partial charge in [-0.25, -0.2) is 4.98 Å². The maximum Gasteiger partial charge on any atom is 0.314 e. The number of hydrogen-bond donors (Lipinski definition) is 2. The van der Waals surface area contributed by atoms with Crippen LogP contribution in [0.4, 0.5) is 16.0 Å². The Bertz CT molecular complexity index is 1360. The number of nitrogens with one attached hydrogen (secondary N) is 1. The van der Waals surface area contributed by atoms with Crippen LogP contribution in [0.1, 0.15) is 36.9 Å². The first kappa shape index (κ1) is 22.6. The van der Waals surface area contributed by atoms with Gasteiger partial charge >= 0.3 is 5.97 Å². The van der Waals surface area contributed by atoms with E-state index in [-0.39, 0.29) is 5.92 Å². The van der Waals surface area contributed by atoms with E-state index in [0.717, 1.165) is 27.9 Å². The molecule has 1 fully saturated rings. The number of nitrogens with zero attached hydrogens (tertiary/aromatic N) is 5. The number of halogens is 1. The molecule has 1 saturated carbocycles. The highest BCUT2D eigenvalue weighted by Crippen LogP contribution is 2.48. The molecule has 1 unspecified atom stereocenters. The number of rotatable bonds is 8. The molecule has 4 aromatic rings. The summed E-state index contributed by atoms with van der Waals surface area (Å²) in [6.07, 6.45) is 8.03. The molecule has 1 atom stereocenters. The number of pyridine rings is 1. The average Bonchev–Trinajstić information content (AvgIpc) is 3.63. The zero-order chi connectivity index (χ0) is 24.6. The van der Waals surface area contributed by atoms with Crippen molar-refractivity contribution in [2.75, 3.05) is 12.0 Å². The summed E-state index contributed by atoms with van der Waals surface area (Å²) in [6.45, 7) is 1.26. The molecular weight excluding hydrogens is 447 g/mol. The van der Waals surface area contributed by atoms with Crippen LogP contribution in [0.5, 0.6) is 0 Å². The number of anilines is 2. The predicted molar refractivity (Wildman–Crippen MR) is 130 cm³/mol. The molecule has 8 nitrogen and oxygen atoms in total. The maximum atomic E-state index is 13.1. The van der Waals surface area contributed by atoms with Crippen LogP contribution in [0.2, 0.25) is 0 Å². The predicted octanol–water partition coefficient (Wildman–Crippen LogP) is 4.87. The van der Waals surface area contributed by atoms with Crippen LogP contribution in [0.15, 0.2) is 61.2 Å². The molecule has 3 heterocycles. The molecule has 2 N–H and O–H groups in total. The molecule has 5 rings (SSSR count). The third kappa shape index (κ3) is 4.25. The van der Waals surface area contributed by atoms with Crippen LogP contribution in [0.25, 0.3) is 22.4 Å². The molecule has 0 radical (unpaired) electrons. The van der Waals surface area contributed by atoms with Crippen molar-refractivity contribution < 1.29 is 14.3 Å². The summed E-state index contributed by atoms with van der Waals surface area (Å²) in [4.78, 5) is 24.9. The highest BCUT2D eigenvalue weighted by Gasteiger charge is 2.51. The first-order valence-corrected chi connectivity index (χ1v) is 11.4. The lowest BCUT2D eigenvalue weighted by Gasteiger charge is -2.12. The number of carboxylic acid groups (broad SMARTS) is 1. The highest BCUT2D eigenvalue weighted by molar-refractivity contribution is 5.85. The van der Waals surface area contributed by atoms with Gasteiger partial charge in [0.15, 0.2) is 0 Å². The molecule has 0 bridgehead atoms. The van der Waals surface area contributed by atoms with E-state index in [4.69, 9.17) is 0 Å². The quantitative estimate of drug-likeness (QED) is 0.377. The SMILES string of the molecule is CC(CF)c1cncc(Nc2c(-c3ccc(-c4ccc(C5(C(=O)O)CC5)cc4)cn3)cnn2C)n1. The highest BCUT2D eigenvalue weighted by atomic mass is 19.1. The van der Waals surface area contributed by atoms with E-state index < -0.39 is 18.1 Å². The summed E-state index contributed by atoms with van der Waals surface area (Å²) in [5.41, 5.74) is 4.12. The normalized spacial score (nSPS) is 14.9. The molecule has 0 spiro atoms. The lowest BCUT2D eigenvalue weighted by atomic mass is 9.94. The van der Waals surface area contributed by atoms with Crippen LogP contribution in [-0.4, -0.2) is 42.5 Å². The van der Waals surface area contributed by atoms with E-state index in [1.807, 2.05) is 43.4 Å². The second-order valence-electron chi connectivity index (χ2n) is 8.94. The van der Waals surface area contributed by atoms with Gasteiger partial charge in [0.1, 0.15) is 11.6 Å². The minimum Gasteiger partial charge on any atom is -0.481 e. The molecule has 9 heteroatoms. The molecule has 0 saturated heterocycles. The molecule has 0 aliphatic heterocycles. The zero-order valence-electron chi connectivity index (χ0n) is 19.4. The summed E-state index contributed by atoms with van der Waals surface area (Å²) < 4.78 is 14.7. The second kappa shape index (κ2) is 8.90. The van der Waals surface area contributed by atoms with Gasteiger partial charge < -0.3 is 10.4 Å². The standard InChI is InChI=1S/C26H25FN6O2/c1-16(11-27)22-14-28-15-23(31-22)32-24-20(13-30-33(24)2)21-8-5-18(12-29-21)17-3-6-19(7-4-17)26(9-10-26)25(34)35/h3-8,12-16H,9-11H2,1-2H3,(H,31,32)(H,34,35). The average molecular weight is 473 g/mol. The molecule has 0 amide bonds. The van der Waals surface area contributed by atoms with Gasteiger partial charge in [-0.1, -0.05) is 37.3 Å². The van der Waals surface area contributed by atoms with Gasteiger partial charge in [0.25, 0.3) is 0 Å². The smallest absolute Gasteiger partial charge is 0.314 e. The maximum absolute atomic E-state index is 13.1. The van der Waals surface area contributed by atoms with Gasteiger partial charge in [-0.05, 0) is 30.0 Å². The number of benzene rings is 1. The van der Waals surface area contributed by atoms with Crippen molar-refractivity contribution in [1.29, 1.82) is 0 Å². The number of aryl methyl sites for hydroxylation is 1. The number of alkyl halides is 1. The Kier molecular flexibility index (Phi) is 5.76. The Morgan fingerprint density at radius 3 is 2.49 bits per heavy atom. The van der Waals surface area contributed by atoms with Crippen LogP contribution in [-0.2, 0) is 17.3 Å². The largest absolute Gasteiger partial charge is 0.481 e. The number of carboxylic acids is 1. The molecule has 1 aliphatic carbocycles. The van der Waals surface area contributed by atoms with Crippen molar-refractivity contribution in [2.45, 2.75) is 31.1 Å². The zero-order valence-corrected chi connectivity index (χ0v) is 19.4. The van der Waals surface area contributed by atoms with E-state index in [0.29, 0.717) is 30.2 Å². The molecule has 1 aromatic carbocycles. The van der Waals surface area contributed by atoms with Crippen LogP contribution in [0, 0.1) is 0 Å². The summed E-state index contributed by atoms with van der Waals surface area (Å²) in [6, 6.07) is 11.6. The second-order valence-corrected chi connectivity index (χ2v) is 8.94. The lowest BCUT2D eigenvalue weighted by molar-refractivity contribution is -0.140. The monoisotopic (exact) mass is 472 g/mol. The summed E-state index contributed by atoms with van der Waals surface area (Å²) >= 11 is 0. The van der Waals surface area contributed by atoms with Crippen LogP contribution in [0.3, 0.4) is 0 Å². The summed E-state index contributed by atoms with van der Waals surface area (Å²) in [5.74, 6) is 0.0979. The van der Waals surface area contributed by atoms with Gasteiger partial charge in [-0.15, -0.1) is 0 Å². The van der Waals surface area contributed by atoms with Crippen molar-refractivity contribution in [1.82, 2.24) is 24.7 Å². The molecule has 35 heavy (non-hydrogen) atoms. The van der Waals surface area contributed by atoms with Gasteiger partial charge in [-0.3, -0.25) is 23.8 Å². The van der Waals surface area contributed by atoms with Gasteiger partial charge in [0.2, 0.25) is 0 Å². The Labute approximate surface area is 201 Å². The minimum atomic E-state index is -0.758. The van der Waals surface area contributed by atoms with E-state index in [1.165, 1.54) is 0 Å². The van der Waals surface area contributed by atoms with Crippen LogP contribution < -0.4 is 5.32 Å². The number of carbonyl (C=O) groups is 1. The fraction of sp³-hybridized carbons (Fsp3) is 0.269. The lowest BCUT2D eigenvalue weighted by Crippen LogP contribution is -2.19. The third-order valence-corrected chi connectivity index (χ3v) is 6.54. The van der Waals surface area contributed by atoms with Crippen molar-refractivity contribution in [3.8, 4) is 22.4 Å². The Morgan fingerprint density at radius 2 is 1.86 bits per heavy atom. The van der Waals surface area contributed by atoms with Crippen LogP contribution >= 0.6 is 0 Å². The first-order valence-electron chi connectivity index (χ1n) is 11.4. The molecular formula is C26H25FN6O2. The summed E-state index contributed by atoms with van der Waals surface area (Å²) in [5, 5.41) is 17.1. The van der Waals surface area contributed by atoms with Gasteiger partial charge in [0, 0.05) is 30.9 Å². The minimum absolute atomic E-state index is 0.336. The molecule has 178 valence electrons. The fourth-order valence-corrected chi connectivity index (χ4v) is 4.11. The molecule has 1 aliphatic rings. The number of hydrogen-bond acceptors (Lipinski definition) is 6. The van der Waals surface area contributed by atoms with Crippen molar-refractivity contribution in [2.24, 2.45) is 7.05 Å². The van der Waals surface area contributed by atoms with E-state index in [9.17, 15) is 14.3 Å². The van der Waals surface area contributed by atoms with Crippen molar-refractivity contribution in [3.63, 3.8) is 0 Å².